The van der Waals surface area contributed by atoms with Crippen LogP contribution in [0.3, 0.4) is 0 Å². The van der Waals surface area contributed by atoms with Crippen LogP contribution in [0, 0.1) is 0 Å². The first-order valence-corrected chi connectivity index (χ1v) is 9.42. The van der Waals surface area contributed by atoms with Crippen molar-refractivity contribution in [1.82, 2.24) is 0 Å². The number of amides is 1. The molecule has 0 aliphatic carbocycles. The van der Waals surface area contributed by atoms with Crippen molar-refractivity contribution in [2.24, 2.45) is 0 Å². The van der Waals surface area contributed by atoms with Gasteiger partial charge in [-0.2, -0.15) is 0 Å². The number of carbonyl (C=O) groups excluding carboxylic acids is 1. The number of methoxy groups -OCH3 is 3. The summed E-state index contributed by atoms with van der Waals surface area (Å²) in [6.45, 7) is 0. The highest BCUT2D eigenvalue weighted by Gasteiger charge is 2.21. The molecule has 9 heteroatoms. The maximum absolute atomic E-state index is 12.3. The van der Waals surface area contributed by atoms with Crippen LogP contribution in [0.2, 0.25) is 5.02 Å². The van der Waals surface area contributed by atoms with Gasteiger partial charge in [0.05, 0.1) is 26.2 Å². The van der Waals surface area contributed by atoms with Crippen LogP contribution in [0.5, 0.6) is 17.2 Å². The highest BCUT2D eigenvalue weighted by atomic mass is 35.5. The maximum Gasteiger partial charge on any atom is 0.239 e. The number of anilines is 1. The van der Waals surface area contributed by atoms with Gasteiger partial charge in [0, 0.05) is 22.8 Å². The maximum atomic E-state index is 12.3. The molecule has 0 fully saturated rings. The Morgan fingerprint density at radius 2 is 1.54 bits per heavy atom. The molecule has 0 aliphatic heterocycles. The molecule has 2 rings (SSSR count). The Balaban J connectivity index is 2.20. The smallest absolute Gasteiger partial charge is 0.239 e. The number of rotatable bonds is 7. The Kier molecular flexibility index (Phi) is 6.33. The van der Waals surface area contributed by atoms with Crippen molar-refractivity contribution in [3.63, 3.8) is 0 Å². The summed E-state index contributed by atoms with van der Waals surface area (Å²) >= 11 is 5.75. The second-order valence-electron chi connectivity index (χ2n) is 5.18. The average molecular weight is 400 g/mol. The van der Waals surface area contributed by atoms with Gasteiger partial charge < -0.3 is 19.5 Å². The molecule has 0 spiro atoms. The van der Waals surface area contributed by atoms with Gasteiger partial charge >= 0.3 is 0 Å². The molecule has 0 bridgehead atoms. The Morgan fingerprint density at radius 3 is 2.00 bits per heavy atom. The molecule has 0 atom stereocenters. The van der Waals surface area contributed by atoms with E-state index < -0.39 is 21.5 Å². The summed E-state index contributed by atoms with van der Waals surface area (Å²) in [7, 11) is 0.534. The molecule has 0 saturated heterocycles. The van der Waals surface area contributed by atoms with E-state index in [4.69, 9.17) is 25.8 Å². The van der Waals surface area contributed by atoms with Crippen molar-refractivity contribution >= 4 is 33.0 Å². The fourth-order valence-electron chi connectivity index (χ4n) is 2.25. The van der Waals surface area contributed by atoms with E-state index in [0.29, 0.717) is 28.0 Å². The van der Waals surface area contributed by atoms with Crippen molar-refractivity contribution in [3.05, 3.63) is 41.4 Å². The van der Waals surface area contributed by atoms with Crippen LogP contribution in [0.25, 0.3) is 0 Å². The summed E-state index contributed by atoms with van der Waals surface area (Å²) < 4.78 is 40.2. The monoisotopic (exact) mass is 399 g/mol. The summed E-state index contributed by atoms with van der Waals surface area (Å²) in [5, 5.41) is 2.93. The number of ether oxygens (including phenoxy) is 3. The summed E-state index contributed by atoms with van der Waals surface area (Å²) in [4.78, 5) is 12.2. The van der Waals surface area contributed by atoms with Crippen LogP contribution in [0.15, 0.2) is 41.3 Å². The van der Waals surface area contributed by atoms with Crippen molar-refractivity contribution in [3.8, 4) is 17.2 Å². The largest absolute Gasteiger partial charge is 0.493 e. The lowest BCUT2D eigenvalue weighted by atomic mass is 10.2. The van der Waals surface area contributed by atoms with Gasteiger partial charge in [0.25, 0.3) is 0 Å². The highest BCUT2D eigenvalue weighted by molar-refractivity contribution is 7.92. The molecule has 7 nitrogen and oxygen atoms in total. The number of hydrogen-bond acceptors (Lipinski definition) is 6. The van der Waals surface area contributed by atoms with Crippen LogP contribution in [0.1, 0.15) is 0 Å². The van der Waals surface area contributed by atoms with E-state index in [2.05, 4.69) is 5.32 Å². The molecule has 1 N–H and O–H groups in total. The van der Waals surface area contributed by atoms with Crippen molar-refractivity contribution in [2.75, 3.05) is 32.4 Å². The van der Waals surface area contributed by atoms with Crippen LogP contribution < -0.4 is 19.5 Å². The first-order chi connectivity index (χ1) is 12.3. The standard InChI is InChI=1S/C17H18ClNO6S/c1-23-14-8-12(9-15(24-2)17(14)25-3)19-16(20)10-26(21,22)13-6-4-11(18)5-7-13/h4-9H,10H2,1-3H3,(H,19,20). The SMILES string of the molecule is COc1cc(NC(=O)CS(=O)(=O)c2ccc(Cl)cc2)cc(OC)c1OC. The Bertz CT molecular complexity index is 871. The van der Waals surface area contributed by atoms with E-state index >= 15 is 0 Å². The molecule has 0 heterocycles. The molecule has 1 amide bonds. The zero-order valence-electron chi connectivity index (χ0n) is 14.4. The van der Waals surface area contributed by atoms with Crippen LogP contribution >= 0.6 is 11.6 Å². The second-order valence-corrected chi connectivity index (χ2v) is 7.60. The van der Waals surface area contributed by atoms with E-state index in [-0.39, 0.29) is 4.90 Å². The zero-order chi connectivity index (χ0) is 19.3. The predicted molar refractivity (Wildman–Crippen MR) is 98.2 cm³/mol. The second kappa shape index (κ2) is 8.29. The molecule has 0 radical (unpaired) electrons. The normalized spacial score (nSPS) is 10.9. The number of nitrogens with one attached hydrogen (secondary N) is 1. The molecular weight excluding hydrogens is 382 g/mol. The van der Waals surface area contributed by atoms with Crippen molar-refractivity contribution in [1.29, 1.82) is 0 Å². The van der Waals surface area contributed by atoms with Gasteiger partial charge in [-0.25, -0.2) is 8.42 Å². The molecule has 0 unspecified atom stereocenters. The molecule has 140 valence electrons. The quantitative estimate of drug-likeness (QED) is 0.769. The average Bonchev–Trinajstić information content (AvgIpc) is 2.60. The number of halogens is 1. The van der Waals surface area contributed by atoms with Crippen molar-refractivity contribution in [2.45, 2.75) is 4.90 Å². The molecular formula is C17H18ClNO6S. The van der Waals surface area contributed by atoms with Crippen LogP contribution in [-0.4, -0.2) is 41.4 Å². The summed E-state index contributed by atoms with van der Waals surface area (Å²) in [6.07, 6.45) is 0. The highest BCUT2D eigenvalue weighted by Crippen LogP contribution is 2.39. The predicted octanol–water partition coefficient (Wildman–Crippen LogP) is 2.78. The van der Waals surface area contributed by atoms with Gasteiger partial charge in [-0.1, -0.05) is 11.6 Å². The third kappa shape index (κ3) is 4.59. The minimum absolute atomic E-state index is 0.0157. The summed E-state index contributed by atoms with van der Waals surface area (Å²) in [5.74, 6) is -0.382. The first kappa shape index (κ1) is 19.9. The molecule has 2 aromatic carbocycles. The van der Waals surface area contributed by atoms with Gasteiger partial charge in [0.2, 0.25) is 11.7 Å². The van der Waals surface area contributed by atoms with Gasteiger partial charge in [0.15, 0.2) is 21.3 Å². The van der Waals surface area contributed by atoms with Crippen LogP contribution in [-0.2, 0) is 14.6 Å². The third-order valence-electron chi connectivity index (χ3n) is 3.44. The fourth-order valence-corrected chi connectivity index (χ4v) is 3.51. The van der Waals surface area contributed by atoms with Gasteiger partial charge in [-0.05, 0) is 24.3 Å². The van der Waals surface area contributed by atoms with E-state index in [1.165, 1.54) is 57.7 Å². The van der Waals surface area contributed by atoms with E-state index in [0.717, 1.165) is 0 Å². The molecule has 26 heavy (non-hydrogen) atoms. The lowest BCUT2D eigenvalue weighted by Crippen LogP contribution is -2.23. The Labute approximate surface area is 156 Å². The minimum Gasteiger partial charge on any atom is -0.493 e. The lowest BCUT2D eigenvalue weighted by Gasteiger charge is -2.14. The van der Waals surface area contributed by atoms with Gasteiger partial charge in [0.1, 0.15) is 5.75 Å². The van der Waals surface area contributed by atoms with Crippen molar-refractivity contribution < 1.29 is 27.4 Å². The van der Waals surface area contributed by atoms with E-state index in [1.807, 2.05) is 0 Å². The number of sulfone groups is 1. The Morgan fingerprint density at radius 1 is 1.00 bits per heavy atom. The zero-order valence-corrected chi connectivity index (χ0v) is 16.0. The van der Waals surface area contributed by atoms with Crippen LogP contribution in [0.4, 0.5) is 5.69 Å². The van der Waals surface area contributed by atoms with E-state index in [9.17, 15) is 13.2 Å². The number of benzene rings is 2. The molecule has 0 saturated carbocycles. The van der Waals surface area contributed by atoms with Gasteiger partial charge in [-0.3, -0.25) is 4.79 Å². The lowest BCUT2D eigenvalue weighted by molar-refractivity contribution is -0.113. The first-order valence-electron chi connectivity index (χ1n) is 7.39. The topological polar surface area (TPSA) is 90.9 Å². The molecule has 0 aromatic heterocycles. The molecule has 2 aromatic rings. The molecule has 0 aliphatic rings. The fraction of sp³-hybridized carbons (Fsp3) is 0.235. The Hall–Kier alpha value is -2.45. The van der Waals surface area contributed by atoms with Gasteiger partial charge in [-0.15, -0.1) is 0 Å². The summed E-state index contributed by atoms with van der Waals surface area (Å²) in [6, 6.07) is 8.62. The number of hydrogen-bond donors (Lipinski definition) is 1. The minimum atomic E-state index is -3.80. The third-order valence-corrected chi connectivity index (χ3v) is 5.33. The summed E-state index contributed by atoms with van der Waals surface area (Å²) in [5.41, 5.74) is 0.316. The number of carbonyl (C=O) groups is 1. The van der Waals surface area contributed by atoms with E-state index in [1.54, 1.807) is 0 Å².